The molecule has 7 nitrogen and oxygen atoms in total. The Labute approximate surface area is 169 Å². The van der Waals surface area contributed by atoms with Crippen molar-refractivity contribution >= 4 is 28.4 Å². The molecule has 0 atom stereocenters. The molecule has 29 heavy (non-hydrogen) atoms. The summed E-state index contributed by atoms with van der Waals surface area (Å²) in [5, 5.41) is 3.71. The minimum Gasteiger partial charge on any atom is -0.459 e. The summed E-state index contributed by atoms with van der Waals surface area (Å²) in [6.07, 6.45) is 0. The molecule has 8 heteroatoms. The topological polar surface area (TPSA) is 97.1 Å². The normalized spacial score (nSPS) is 10.9. The molecule has 2 N–H and O–H groups in total. The van der Waals surface area contributed by atoms with Crippen LogP contribution in [0.25, 0.3) is 22.2 Å². The Kier molecular flexibility index (Phi) is 5.05. The van der Waals surface area contributed by atoms with Gasteiger partial charge in [-0.25, -0.2) is 4.79 Å². The summed E-state index contributed by atoms with van der Waals surface area (Å²) >= 11 is 5.89. The van der Waals surface area contributed by atoms with Gasteiger partial charge in [-0.15, -0.1) is 0 Å². The highest BCUT2D eigenvalue weighted by atomic mass is 35.5. The lowest BCUT2D eigenvalue weighted by Gasteiger charge is -2.09. The summed E-state index contributed by atoms with van der Waals surface area (Å²) in [4.78, 5) is 38.6. The Balaban J connectivity index is 1.47. The Morgan fingerprint density at radius 2 is 1.79 bits per heavy atom. The minimum atomic E-state index is -0.633. The van der Waals surface area contributed by atoms with Gasteiger partial charge in [0.2, 0.25) is 5.91 Å². The van der Waals surface area contributed by atoms with Crippen molar-refractivity contribution in [2.45, 2.75) is 13.1 Å². The second kappa shape index (κ2) is 7.81. The largest absolute Gasteiger partial charge is 0.459 e. The van der Waals surface area contributed by atoms with E-state index < -0.39 is 11.2 Å². The molecule has 0 bridgehead atoms. The Morgan fingerprint density at radius 3 is 2.59 bits per heavy atom. The first-order valence-corrected chi connectivity index (χ1v) is 9.22. The van der Waals surface area contributed by atoms with Crippen LogP contribution in [0.1, 0.15) is 5.76 Å². The first-order valence-electron chi connectivity index (χ1n) is 8.84. The van der Waals surface area contributed by atoms with Crippen LogP contribution in [0.5, 0.6) is 0 Å². The van der Waals surface area contributed by atoms with Gasteiger partial charge < -0.3 is 9.73 Å². The number of aromatic nitrogens is 2. The highest BCUT2D eigenvalue weighted by molar-refractivity contribution is 6.30. The van der Waals surface area contributed by atoms with Crippen molar-refractivity contribution in [2.24, 2.45) is 0 Å². The summed E-state index contributed by atoms with van der Waals surface area (Å²) in [6.45, 7) is -0.0522. The van der Waals surface area contributed by atoms with Crippen LogP contribution in [-0.2, 0) is 17.9 Å². The van der Waals surface area contributed by atoms with Crippen LogP contribution in [0.2, 0.25) is 5.02 Å². The van der Waals surface area contributed by atoms with E-state index in [2.05, 4.69) is 10.3 Å². The molecule has 0 radical (unpaired) electrons. The van der Waals surface area contributed by atoms with E-state index in [0.717, 1.165) is 5.56 Å². The lowest BCUT2D eigenvalue weighted by molar-refractivity contribution is -0.121. The highest BCUT2D eigenvalue weighted by Crippen LogP contribution is 2.23. The van der Waals surface area contributed by atoms with Gasteiger partial charge in [-0.05, 0) is 48.5 Å². The van der Waals surface area contributed by atoms with Gasteiger partial charge in [0.05, 0.1) is 17.4 Å². The second-order valence-corrected chi connectivity index (χ2v) is 6.85. The molecule has 2 aromatic carbocycles. The number of para-hydroxylation sites is 1. The van der Waals surface area contributed by atoms with Gasteiger partial charge in [0, 0.05) is 10.6 Å². The van der Waals surface area contributed by atoms with Gasteiger partial charge in [0.1, 0.15) is 18.1 Å². The molecule has 0 saturated heterocycles. The lowest BCUT2D eigenvalue weighted by atomic mass is 10.2. The predicted octanol–water partition coefficient (Wildman–Crippen LogP) is 2.92. The lowest BCUT2D eigenvalue weighted by Crippen LogP contribution is -2.36. The van der Waals surface area contributed by atoms with Gasteiger partial charge in [0.15, 0.2) is 0 Å². The second-order valence-electron chi connectivity index (χ2n) is 6.41. The fraction of sp³-hybridized carbons (Fsp3) is 0.0952. The maximum atomic E-state index is 12.4. The van der Waals surface area contributed by atoms with E-state index in [4.69, 9.17) is 16.0 Å². The van der Waals surface area contributed by atoms with E-state index in [9.17, 15) is 14.4 Å². The zero-order valence-electron chi connectivity index (χ0n) is 15.1. The van der Waals surface area contributed by atoms with Gasteiger partial charge in [0.25, 0.3) is 5.56 Å². The number of furan rings is 1. The summed E-state index contributed by atoms with van der Waals surface area (Å²) in [5.41, 5.74) is 0.164. The number of nitrogens with one attached hydrogen (secondary N) is 2. The van der Waals surface area contributed by atoms with Crippen LogP contribution in [-0.4, -0.2) is 15.5 Å². The molecule has 0 aliphatic heterocycles. The molecule has 2 heterocycles. The average Bonchev–Trinajstić information content (AvgIpc) is 3.19. The van der Waals surface area contributed by atoms with Crippen LogP contribution in [0, 0.1) is 0 Å². The van der Waals surface area contributed by atoms with Crippen molar-refractivity contribution in [1.82, 2.24) is 14.9 Å². The maximum Gasteiger partial charge on any atom is 0.329 e. The van der Waals surface area contributed by atoms with Crippen molar-refractivity contribution in [3.8, 4) is 11.3 Å². The number of rotatable bonds is 5. The zero-order chi connectivity index (χ0) is 20.4. The van der Waals surface area contributed by atoms with Crippen LogP contribution >= 0.6 is 11.6 Å². The van der Waals surface area contributed by atoms with Crippen molar-refractivity contribution in [3.63, 3.8) is 0 Å². The number of H-pyrrole nitrogens is 1. The molecule has 4 aromatic rings. The number of nitrogens with zero attached hydrogens (tertiary/aromatic N) is 1. The molecule has 0 aliphatic rings. The molecule has 0 unspecified atom stereocenters. The number of fused-ring (bicyclic) bond motifs is 1. The number of hydrogen-bond acceptors (Lipinski definition) is 4. The minimum absolute atomic E-state index is 0.169. The summed E-state index contributed by atoms with van der Waals surface area (Å²) in [5.74, 6) is 0.851. The summed E-state index contributed by atoms with van der Waals surface area (Å²) in [7, 11) is 0. The first-order chi connectivity index (χ1) is 14.0. The quantitative estimate of drug-likeness (QED) is 0.529. The highest BCUT2D eigenvalue weighted by Gasteiger charge is 2.11. The fourth-order valence-electron chi connectivity index (χ4n) is 3.03. The molecule has 2 aromatic heterocycles. The van der Waals surface area contributed by atoms with E-state index in [-0.39, 0.29) is 19.0 Å². The molecule has 146 valence electrons. The smallest absolute Gasteiger partial charge is 0.329 e. The number of halogens is 1. The average molecular weight is 410 g/mol. The summed E-state index contributed by atoms with van der Waals surface area (Å²) < 4.78 is 6.98. The van der Waals surface area contributed by atoms with Crippen LogP contribution in [0.4, 0.5) is 0 Å². The van der Waals surface area contributed by atoms with Gasteiger partial charge in [-0.2, -0.15) is 0 Å². The van der Waals surface area contributed by atoms with E-state index in [1.165, 1.54) is 4.57 Å². The van der Waals surface area contributed by atoms with Gasteiger partial charge >= 0.3 is 5.69 Å². The Morgan fingerprint density at radius 1 is 1.03 bits per heavy atom. The Bertz CT molecular complexity index is 1300. The van der Waals surface area contributed by atoms with E-state index >= 15 is 0 Å². The molecule has 4 rings (SSSR count). The Hall–Kier alpha value is -3.58. The molecule has 1 amide bonds. The molecular formula is C21H16ClN3O4. The van der Waals surface area contributed by atoms with E-state index in [0.29, 0.717) is 27.4 Å². The number of aromatic amines is 1. The van der Waals surface area contributed by atoms with Gasteiger partial charge in [-0.1, -0.05) is 23.7 Å². The van der Waals surface area contributed by atoms with Crippen LogP contribution in [0.15, 0.2) is 74.7 Å². The van der Waals surface area contributed by atoms with Gasteiger partial charge in [-0.3, -0.25) is 19.1 Å². The van der Waals surface area contributed by atoms with Crippen molar-refractivity contribution in [1.29, 1.82) is 0 Å². The number of hydrogen-bond donors (Lipinski definition) is 2. The monoisotopic (exact) mass is 409 g/mol. The molecule has 0 saturated carbocycles. The third kappa shape index (κ3) is 4.00. The molecule has 0 aliphatic carbocycles. The fourth-order valence-corrected chi connectivity index (χ4v) is 3.15. The number of carbonyl (C=O) groups excluding carboxylic acids is 1. The first kappa shape index (κ1) is 18.8. The third-order valence-electron chi connectivity index (χ3n) is 4.46. The van der Waals surface area contributed by atoms with Crippen molar-refractivity contribution in [3.05, 3.63) is 92.3 Å². The summed E-state index contributed by atoms with van der Waals surface area (Å²) in [6, 6.07) is 17.4. The number of amides is 1. The van der Waals surface area contributed by atoms with Crippen LogP contribution < -0.4 is 16.6 Å². The molecular weight excluding hydrogens is 394 g/mol. The molecule has 0 fully saturated rings. The standard InChI is InChI=1S/C21H16ClN3O4/c22-14-7-5-13(6-8-14)18-10-9-15(29-18)11-23-19(26)12-25-17-4-2-1-3-16(17)20(27)24-21(25)28/h1-10H,11-12H2,(H,23,26)(H,24,27,28). The predicted molar refractivity (Wildman–Crippen MR) is 110 cm³/mol. The van der Waals surface area contributed by atoms with E-state index in [1.807, 2.05) is 18.2 Å². The zero-order valence-corrected chi connectivity index (χ0v) is 15.9. The van der Waals surface area contributed by atoms with Crippen molar-refractivity contribution < 1.29 is 9.21 Å². The van der Waals surface area contributed by atoms with E-state index in [1.54, 1.807) is 42.5 Å². The van der Waals surface area contributed by atoms with Crippen molar-refractivity contribution in [2.75, 3.05) is 0 Å². The maximum absolute atomic E-state index is 12.4. The van der Waals surface area contributed by atoms with Crippen LogP contribution in [0.3, 0.4) is 0 Å². The molecule has 0 spiro atoms. The SMILES string of the molecule is O=C(Cn1c(=O)[nH]c(=O)c2ccccc21)NCc1ccc(-c2ccc(Cl)cc2)o1. The number of benzene rings is 2. The number of carbonyl (C=O) groups is 1. The third-order valence-corrected chi connectivity index (χ3v) is 4.71.